The summed E-state index contributed by atoms with van der Waals surface area (Å²) in [5.74, 6) is 1.36. The molecule has 1 aliphatic heterocycles. The molecule has 9 heteroatoms. The number of fused-ring (bicyclic) bond motifs is 1. The van der Waals surface area contributed by atoms with Crippen LogP contribution in [0.2, 0.25) is 0 Å². The van der Waals surface area contributed by atoms with E-state index in [0.717, 1.165) is 5.56 Å². The molecule has 1 aliphatic rings. The molecule has 0 radical (unpaired) electrons. The normalized spacial score (nSPS) is 15.7. The van der Waals surface area contributed by atoms with Crippen molar-refractivity contribution in [2.45, 2.75) is 33.1 Å². The van der Waals surface area contributed by atoms with Gasteiger partial charge in [0.15, 0.2) is 11.5 Å². The van der Waals surface area contributed by atoms with Crippen molar-refractivity contribution in [3.8, 4) is 11.5 Å². The largest absolute Gasteiger partial charge is 0.493 e. The number of likely N-dealkylation sites (N-methyl/N-ethyl adjacent to an activating group) is 2. The minimum absolute atomic E-state index is 0.259. The Morgan fingerprint density at radius 3 is 2.37 bits per heavy atom. The van der Waals surface area contributed by atoms with E-state index in [1.807, 2.05) is 43.0 Å². The van der Waals surface area contributed by atoms with Crippen LogP contribution in [0.1, 0.15) is 19.4 Å². The van der Waals surface area contributed by atoms with Gasteiger partial charge in [-0.2, -0.15) is 0 Å². The van der Waals surface area contributed by atoms with E-state index in [2.05, 4.69) is 0 Å². The first-order chi connectivity index (χ1) is 14.4. The van der Waals surface area contributed by atoms with E-state index in [4.69, 9.17) is 9.47 Å². The first kappa shape index (κ1) is 21.5. The number of aromatic nitrogens is 2. The molecular weight excluding hydrogens is 391 g/mol. The summed E-state index contributed by atoms with van der Waals surface area (Å²) in [7, 11) is 5.19. The zero-order valence-electron chi connectivity index (χ0n) is 17.9. The lowest BCUT2D eigenvalue weighted by atomic mass is 10.1. The molecule has 2 heterocycles. The predicted molar refractivity (Wildman–Crippen MR) is 116 cm³/mol. The van der Waals surface area contributed by atoms with Crippen LogP contribution in [0.3, 0.4) is 0 Å². The Balaban J connectivity index is 2.00. The van der Waals surface area contributed by atoms with Crippen molar-refractivity contribution in [1.82, 2.24) is 9.13 Å². The van der Waals surface area contributed by atoms with Gasteiger partial charge in [-0.15, -0.1) is 0 Å². The molecule has 8 nitrogen and oxygen atoms in total. The Bertz CT molecular complexity index is 1080. The Kier molecular flexibility index (Phi) is 6.19. The van der Waals surface area contributed by atoms with Gasteiger partial charge >= 0.3 is 5.69 Å². The second kappa shape index (κ2) is 8.64. The van der Waals surface area contributed by atoms with Crippen molar-refractivity contribution >= 4 is 17.6 Å². The number of hydrogen-bond acceptors (Lipinski definition) is 6. The van der Waals surface area contributed by atoms with Crippen molar-refractivity contribution < 1.29 is 13.9 Å². The standard InChI is InChI=1S/C21H27FN4O4/c1-6-25-19-18(20(27)26(7-2)21(25)28)23(3)17(24(19)4)11-9-14-8-10-15(30-13-22)16(12-14)29-5/h8-12,17H,6-7,13H2,1-5H3/b11-9+. The highest BCUT2D eigenvalue weighted by atomic mass is 19.1. The average Bonchev–Trinajstić information content (AvgIpc) is 2.98. The van der Waals surface area contributed by atoms with E-state index < -0.39 is 6.86 Å². The molecule has 3 rings (SSSR count). The van der Waals surface area contributed by atoms with E-state index in [1.165, 1.54) is 11.7 Å². The molecule has 0 N–H and O–H groups in total. The molecule has 0 bridgehead atoms. The number of hydrogen-bond donors (Lipinski definition) is 0. The summed E-state index contributed by atoms with van der Waals surface area (Å²) in [6.07, 6.45) is 3.56. The van der Waals surface area contributed by atoms with E-state index in [-0.39, 0.29) is 17.4 Å². The van der Waals surface area contributed by atoms with Crippen molar-refractivity contribution in [1.29, 1.82) is 0 Å². The SMILES string of the molecule is CCn1c2c(c(=O)n(CC)c1=O)N(C)C(/C=C/c1ccc(OCF)c(OC)c1)N2C. The Hall–Kier alpha value is -3.23. The highest BCUT2D eigenvalue weighted by Gasteiger charge is 2.36. The molecule has 2 aromatic rings. The molecule has 1 aromatic heterocycles. The fraction of sp³-hybridized carbons (Fsp3) is 0.429. The summed E-state index contributed by atoms with van der Waals surface area (Å²) in [5, 5.41) is 0. The minimum atomic E-state index is -0.935. The van der Waals surface area contributed by atoms with Crippen LogP contribution < -0.4 is 30.5 Å². The van der Waals surface area contributed by atoms with Gasteiger partial charge in [0, 0.05) is 27.2 Å². The zero-order valence-corrected chi connectivity index (χ0v) is 17.9. The quantitative estimate of drug-likeness (QED) is 0.687. The van der Waals surface area contributed by atoms with E-state index in [1.54, 1.807) is 29.7 Å². The molecule has 1 atom stereocenters. The zero-order chi connectivity index (χ0) is 22.0. The van der Waals surface area contributed by atoms with Crippen LogP contribution in [0.25, 0.3) is 6.08 Å². The van der Waals surface area contributed by atoms with E-state index in [9.17, 15) is 14.0 Å². The first-order valence-electron chi connectivity index (χ1n) is 9.77. The summed E-state index contributed by atoms with van der Waals surface area (Å²) < 4.78 is 25.5. The number of halogens is 1. The average molecular weight is 418 g/mol. The lowest BCUT2D eigenvalue weighted by Gasteiger charge is -2.24. The van der Waals surface area contributed by atoms with E-state index >= 15 is 0 Å². The molecule has 162 valence electrons. The monoisotopic (exact) mass is 418 g/mol. The van der Waals surface area contributed by atoms with E-state index in [0.29, 0.717) is 36.1 Å². The van der Waals surface area contributed by atoms with Gasteiger partial charge < -0.3 is 19.3 Å². The van der Waals surface area contributed by atoms with Gasteiger partial charge in [0.25, 0.3) is 5.56 Å². The van der Waals surface area contributed by atoms with Gasteiger partial charge in [-0.1, -0.05) is 12.1 Å². The lowest BCUT2D eigenvalue weighted by Crippen LogP contribution is -2.41. The molecule has 0 spiro atoms. The summed E-state index contributed by atoms with van der Waals surface area (Å²) in [6.45, 7) is 3.51. The number of benzene rings is 1. The number of methoxy groups -OCH3 is 1. The number of nitrogens with zero attached hydrogens (tertiary/aromatic N) is 4. The summed E-state index contributed by atoms with van der Waals surface area (Å²) in [6, 6.07) is 5.18. The molecule has 0 amide bonds. The third-order valence-corrected chi connectivity index (χ3v) is 5.35. The molecule has 1 unspecified atom stereocenters. The van der Waals surface area contributed by atoms with Crippen molar-refractivity contribution in [2.75, 3.05) is 37.9 Å². The second-order valence-corrected chi connectivity index (χ2v) is 6.91. The van der Waals surface area contributed by atoms with Gasteiger partial charge in [-0.3, -0.25) is 13.9 Å². The van der Waals surface area contributed by atoms with Crippen molar-refractivity contribution in [3.05, 3.63) is 50.7 Å². The molecule has 0 aliphatic carbocycles. The van der Waals surface area contributed by atoms with Crippen LogP contribution in [-0.4, -0.2) is 43.4 Å². The fourth-order valence-corrected chi connectivity index (χ4v) is 3.84. The first-order valence-corrected chi connectivity index (χ1v) is 9.77. The number of alkyl halides is 1. The van der Waals surface area contributed by atoms with Gasteiger partial charge in [-0.25, -0.2) is 9.18 Å². The molecule has 30 heavy (non-hydrogen) atoms. The topological polar surface area (TPSA) is 68.9 Å². The van der Waals surface area contributed by atoms with Crippen LogP contribution in [0.5, 0.6) is 11.5 Å². The van der Waals surface area contributed by atoms with Crippen LogP contribution in [-0.2, 0) is 13.1 Å². The molecule has 0 saturated heterocycles. The Labute approximate surface area is 174 Å². The third-order valence-electron chi connectivity index (χ3n) is 5.35. The Morgan fingerprint density at radius 1 is 1.07 bits per heavy atom. The molecule has 0 fully saturated rings. The van der Waals surface area contributed by atoms with Crippen LogP contribution in [0, 0.1) is 0 Å². The third kappa shape index (κ3) is 3.44. The highest BCUT2D eigenvalue weighted by Crippen LogP contribution is 2.35. The summed E-state index contributed by atoms with van der Waals surface area (Å²) in [5.41, 5.74) is 0.734. The molecule has 0 saturated carbocycles. The number of ether oxygens (including phenoxy) is 2. The highest BCUT2D eigenvalue weighted by molar-refractivity contribution is 5.75. The minimum Gasteiger partial charge on any atom is -0.493 e. The molecular formula is C21H27FN4O4. The number of anilines is 2. The van der Waals surface area contributed by atoms with Crippen LogP contribution in [0.4, 0.5) is 15.9 Å². The number of rotatable bonds is 7. The fourth-order valence-electron chi connectivity index (χ4n) is 3.84. The smallest absolute Gasteiger partial charge is 0.332 e. The Morgan fingerprint density at radius 2 is 1.77 bits per heavy atom. The molecule has 1 aromatic carbocycles. The van der Waals surface area contributed by atoms with Gasteiger partial charge in [0.05, 0.1) is 7.11 Å². The van der Waals surface area contributed by atoms with Gasteiger partial charge in [0.1, 0.15) is 17.7 Å². The maximum atomic E-state index is 12.9. The summed E-state index contributed by atoms with van der Waals surface area (Å²) in [4.78, 5) is 29.4. The van der Waals surface area contributed by atoms with Crippen LogP contribution >= 0.6 is 0 Å². The maximum absolute atomic E-state index is 12.9. The predicted octanol–water partition coefficient (Wildman–Crippen LogP) is 2.29. The van der Waals surface area contributed by atoms with Crippen molar-refractivity contribution in [3.63, 3.8) is 0 Å². The maximum Gasteiger partial charge on any atom is 0.332 e. The lowest BCUT2D eigenvalue weighted by molar-refractivity contribution is 0.184. The van der Waals surface area contributed by atoms with Crippen molar-refractivity contribution in [2.24, 2.45) is 0 Å². The second-order valence-electron chi connectivity index (χ2n) is 6.91. The van der Waals surface area contributed by atoms with Crippen LogP contribution in [0.15, 0.2) is 33.9 Å². The van der Waals surface area contributed by atoms with Gasteiger partial charge in [-0.05, 0) is 37.6 Å². The van der Waals surface area contributed by atoms with Gasteiger partial charge in [0.2, 0.25) is 6.86 Å². The summed E-state index contributed by atoms with van der Waals surface area (Å²) >= 11 is 0.